The third-order valence-electron chi connectivity index (χ3n) is 2.73. The number of anilines is 1. The Hall–Kier alpha value is -1.50. The number of halogens is 4. The summed E-state index contributed by atoms with van der Waals surface area (Å²) in [4.78, 5) is 0. The van der Waals surface area contributed by atoms with Crippen molar-refractivity contribution in [1.29, 1.82) is 0 Å². The first kappa shape index (κ1) is 13.9. The minimum absolute atomic E-state index is 0.0199. The lowest BCUT2D eigenvalue weighted by Gasteiger charge is -2.13. The first-order valence-corrected chi connectivity index (χ1v) is 6.23. The summed E-state index contributed by atoms with van der Waals surface area (Å²) in [5, 5.41) is 4.11. The van der Waals surface area contributed by atoms with Crippen molar-refractivity contribution in [3.8, 4) is 0 Å². The number of nitrogen functional groups attached to an aromatic ring is 1. The molecular weight excluding hydrogens is 323 g/mol. The van der Waals surface area contributed by atoms with Crippen molar-refractivity contribution in [3.63, 3.8) is 0 Å². The van der Waals surface area contributed by atoms with Crippen molar-refractivity contribution in [3.05, 3.63) is 45.6 Å². The minimum Gasteiger partial charge on any atom is -0.383 e. The number of alkyl halides is 3. The molecule has 0 aliphatic rings. The van der Waals surface area contributed by atoms with Gasteiger partial charge in [-0.3, -0.25) is 0 Å². The fraction of sp³-hybridized carbons (Fsp3) is 0.250. The molecule has 3 nitrogen and oxygen atoms in total. The highest BCUT2D eigenvalue weighted by Gasteiger charge is 2.33. The molecule has 0 atom stereocenters. The van der Waals surface area contributed by atoms with Crippen molar-refractivity contribution in [2.45, 2.75) is 19.6 Å². The number of hydrogen-bond donors (Lipinski definition) is 1. The number of hydrogen-bond acceptors (Lipinski definition) is 2. The third-order valence-corrected chi connectivity index (χ3v) is 3.71. The second kappa shape index (κ2) is 4.88. The molecule has 102 valence electrons. The fourth-order valence-electron chi connectivity index (χ4n) is 1.79. The molecule has 1 heterocycles. The van der Waals surface area contributed by atoms with Gasteiger partial charge in [-0.1, -0.05) is 18.2 Å². The number of nitrogens with two attached hydrogens (primary N) is 1. The second-order valence-corrected chi connectivity index (χ2v) is 4.89. The average Bonchev–Trinajstić information content (AvgIpc) is 2.56. The summed E-state index contributed by atoms with van der Waals surface area (Å²) in [6.07, 6.45) is -4.38. The highest BCUT2D eigenvalue weighted by atomic mass is 79.9. The van der Waals surface area contributed by atoms with Gasteiger partial charge in [0, 0.05) is 0 Å². The van der Waals surface area contributed by atoms with Gasteiger partial charge in [0.2, 0.25) is 0 Å². The molecular formula is C12H11BrF3N3. The maximum absolute atomic E-state index is 12.9. The molecule has 0 saturated carbocycles. The van der Waals surface area contributed by atoms with E-state index in [0.717, 1.165) is 6.07 Å². The Morgan fingerprint density at radius 2 is 1.95 bits per heavy atom. The molecule has 2 rings (SSSR count). The van der Waals surface area contributed by atoms with Gasteiger partial charge in [-0.25, -0.2) is 4.68 Å². The summed E-state index contributed by atoms with van der Waals surface area (Å²) in [5.41, 5.74) is 5.89. The topological polar surface area (TPSA) is 43.8 Å². The lowest BCUT2D eigenvalue weighted by Crippen LogP contribution is -2.13. The maximum Gasteiger partial charge on any atom is 0.416 e. The Balaban J connectivity index is 2.42. The highest BCUT2D eigenvalue weighted by Crippen LogP contribution is 2.33. The van der Waals surface area contributed by atoms with Crippen LogP contribution in [0.5, 0.6) is 0 Å². The van der Waals surface area contributed by atoms with E-state index >= 15 is 0 Å². The van der Waals surface area contributed by atoms with Crippen LogP contribution in [0.2, 0.25) is 0 Å². The number of aromatic nitrogens is 2. The number of nitrogens with zero attached hydrogens (tertiary/aromatic N) is 2. The van der Waals surface area contributed by atoms with Gasteiger partial charge in [-0.05, 0) is 34.5 Å². The van der Waals surface area contributed by atoms with Gasteiger partial charge in [0.25, 0.3) is 0 Å². The summed E-state index contributed by atoms with van der Waals surface area (Å²) in [6, 6.07) is 5.40. The molecule has 0 fully saturated rings. The van der Waals surface area contributed by atoms with E-state index in [0.29, 0.717) is 16.0 Å². The Morgan fingerprint density at radius 1 is 1.32 bits per heavy atom. The standard InChI is InChI=1S/C12H11BrF3N3/c1-7-10(13)11(17)19(18-7)6-8-4-2-3-5-9(8)12(14,15)16/h2-5H,6,17H2,1H3. The fourth-order valence-corrected chi connectivity index (χ4v) is 2.08. The van der Waals surface area contributed by atoms with E-state index in [1.165, 1.54) is 16.8 Å². The van der Waals surface area contributed by atoms with Gasteiger partial charge in [0.05, 0.1) is 22.3 Å². The van der Waals surface area contributed by atoms with E-state index in [1.807, 2.05) is 0 Å². The molecule has 0 saturated heterocycles. The monoisotopic (exact) mass is 333 g/mol. The first-order chi connectivity index (χ1) is 8.80. The average molecular weight is 334 g/mol. The summed E-state index contributed by atoms with van der Waals surface area (Å²) in [7, 11) is 0. The smallest absolute Gasteiger partial charge is 0.383 e. The Morgan fingerprint density at radius 3 is 2.47 bits per heavy atom. The molecule has 0 aliphatic heterocycles. The van der Waals surface area contributed by atoms with Crippen molar-refractivity contribution in [1.82, 2.24) is 9.78 Å². The number of aryl methyl sites for hydroxylation is 1. The summed E-state index contributed by atoms with van der Waals surface area (Å²) < 4.78 is 40.6. The Bertz CT molecular complexity index is 605. The molecule has 0 aliphatic carbocycles. The van der Waals surface area contributed by atoms with E-state index in [9.17, 15) is 13.2 Å². The van der Waals surface area contributed by atoms with Crippen LogP contribution in [0, 0.1) is 6.92 Å². The van der Waals surface area contributed by atoms with Crippen molar-refractivity contribution < 1.29 is 13.2 Å². The second-order valence-electron chi connectivity index (χ2n) is 4.10. The van der Waals surface area contributed by atoms with E-state index < -0.39 is 11.7 Å². The highest BCUT2D eigenvalue weighted by molar-refractivity contribution is 9.10. The first-order valence-electron chi connectivity index (χ1n) is 5.44. The summed E-state index contributed by atoms with van der Waals surface area (Å²) in [5.74, 6) is 0.314. The molecule has 1 aromatic carbocycles. The molecule has 0 radical (unpaired) electrons. The van der Waals surface area contributed by atoms with Crippen LogP contribution in [0.3, 0.4) is 0 Å². The predicted octanol–water partition coefficient (Wildman–Crippen LogP) is 3.60. The molecule has 7 heteroatoms. The van der Waals surface area contributed by atoms with Crippen LogP contribution in [-0.2, 0) is 12.7 Å². The predicted molar refractivity (Wildman–Crippen MR) is 69.6 cm³/mol. The van der Waals surface area contributed by atoms with Gasteiger partial charge in [0.15, 0.2) is 0 Å². The molecule has 2 aromatic rings. The van der Waals surface area contributed by atoms with Gasteiger partial charge in [-0.2, -0.15) is 18.3 Å². The zero-order valence-corrected chi connectivity index (χ0v) is 11.6. The molecule has 0 amide bonds. The quantitative estimate of drug-likeness (QED) is 0.912. The zero-order chi connectivity index (χ0) is 14.2. The van der Waals surface area contributed by atoms with Crippen LogP contribution in [0.4, 0.5) is 19.0 Å². The van der Waals surface area contributed by atoms with Crippen LogP contribution >= 0.6 is 15.9 Å². The number of rotatable bonds is 2. The minimum atomic E-state index is -4.38. The zero-order valence-electron chi connectivity index (χ0n) is 10.0. The Labute approximate surface area is 116 Å². The van der Waals surface area contributed by atoms with Crippen molar-refractivity contribution in [2.75, 3.05) is 5.73 Å². The SMILES string of the molecule is Cc1nn(Cc2ccccc2C(F)(F)F)c(N)c1Br. The van der Waals surface area contributed by atoms with Crippen LogP contribution in [0.25, 0.3) is 0 Å². The van der Waals surface area contributed by atoms with E-state index in [4.69, 9.17) is 5.73 Å². The van der Waals surface area contributed by atoms with Crippen LogP contribution in [0.15, 0.2) is 28.7 Å². The molecule has 1 aromatic heterocycles. The normalized spacial score (nSPS) is 11.8. The van der Waals surface area contributed by atoms with Gasteiger partial charge < -0.3 is 5.73 Å². The lowest BCUT2D eigenvalue weighted by molar-refractivity contribution is -0.138. The molecule has 0 bridgehead atoms. The van der Waals surface area contributed by atoms with Crippen LogP contribution < -0.4 is 5.73 Å². The Kier molecular flexibility index (Phi) is 3.58. The molecule has 0 unspecified atom stereocenters. The molecule has 0 spiro atoms. The van der Waals surface area contributed by atoms with Crippen molar-refractivity contribution in [2.24, 2.45) is 0 Å². The van der Waals surface area contributed by atoms with Gasteiger partial charge >= 0.3 is 6.18 Å². The van der Waals surface area contributed by atoms with Crippen LogP contribution in [0.1, 0.15) is 16.8 Å². The molecule has 2 N–H and O–H groups in total. The summed E-state index contributed by atoms with van der Waals surface area (Å²) >= 11 is 3.24. The van der Waals surface area contributed by atoms with Crippen molar-refractivity contribution >= 4 is 21.7 Å². The summed E-state index contributed by atoms with van der Waals surface area (Å²) in [6.45, 7) is 1.71. The van der Waals surface area contributed by atoms with E-state index in [2.05, 4.69) is 21.0 Å². The van der Waals surface area contributed by atoms with E-state index in [1.54, 1.807) is 13.0 Å². The molecule has 19 heavy (non-hydrogen) atoms. The van der Waals surface area contributed by atoms with E-state index in [-0.39, 0.29) is 12.1 Å². The maximum atomic E-state index is 12.9. The lowest BCUT2D eigenvalue weighted by atomic mass is 10.1. The largest absolute Gasteiger partial charge is 0.416 e. The third kappa shape index (κ3) is 2.75. The van der Waals surface area contributed by atoms with Gasteiger partial charge in [0.1, 0.15) is 5.82 Å². The van der Waals surface area contributed by atoms with Crippen LogP contribution in [-0.4, -0.2) is 9.78 Å². The van der Waals surface area contributed by atoms with Gasteiger partial charge in [-0.15, -0.1) is 0 Å². The number of benzene rings is 1.